The number of hydrogen-bond acceptors (Lipinski definition) is 7. The predicted octanol–water partition coefficient (Wildman–Crippen LogP) is 4.26. The Bertz CT molecular complexity index is 1340. The third-order valence-electron chi connectivity index (χ3n) is 5.73. The lowest BCUT2D eigenvalue weighted by atomic mass is 9.98. The summed E-state index contributed by atoms with van der Waals surface area (Å²) < 4.78 is 9.73. The van der Waals surface area contributed by atoms with Gasteiger partial charge in [0.15, 0.2) is 0 Å². The van der Waals surface area contributed by atoms with E-state index in [2.05, 4.69) is 15.4 Å². The first-order valence-electron chi connectivity index (χ1n) is 12.4. The summed E-state index contributed by atoms with van der Waals surface area (Å²) in [6, 6.07) is 20.9. The van der Waals surface area contributed by atoms with Gasteiger partial charge in [0, 0.05) is 29.8 Å². The summed E-state index contributed by atoms with van der Waals surface area (Å²) in [7, 11) is 0. The second-order valence-electron chi connectivity index (χ2n) is 9.84. The fourth-order valence-corrected chi connectivity index (χ4v) is 3.55. The molecule has 0 aromatic heterocycles. The average Bonchev–Trinajstić information content (AvgIpc) is 2.93. The van der Waals surface area contributed by atoms with E-state index in [4.69, 9.17) is 4.74 Å². The number of hydrogen-bond donors (Lipinski definition) is 3. The number of nitrogens with one attached hydrogen (secondary N) is 2. The fraction of sp³-hybridized carbons (Fsp3) is 0.267. The van der Waals surface area contributed by atoms with E-state index >= 15 is 0 Å². The average molecular weight is 533 g/mol. The maximum Gasteiger partial charge on any atom is 0.516 e. The molecule has 0 unspecified atom stereocenters. The highest BCUT2D eigenvalue weighted by molar-refractivity contribution is 5.96. The lowest BCUT2D eigenvalue weighted by Gasteiger charge is -2.15. The van der Waals surface area contributed by atoms with Crippen molar-refractivity contribution in [1.29, 1.82) is 0 Å². The molecule has 0 radical (unpaired) electrons. The normalized spacial score (nSPS) is 10.9. The minimum Gasteiger partial charge on any atom is -0.429 e. The molecule has 0 fully saturated rings. The highest BCUT2D eigenvalue weighted by Crippen LogP contribution is 2.17. The van der Waals surface area contributed by atoms with Crippen molar-refractivity contribution in [2.45, 2.75) is 47.1 Å². The molecule has 0 saturated heterocycles. The van der Waals surface area contributed by atoms with Gasteiger partial charge in [0.2, 0.25) is 0 Å². The minimum absolute atomic E-state index is 0.227. The molecule has 0 spiro atoms. The summed E-state index contributed by atoms with van der Waals surface area (Å²) in [5.74, 6) is -1.37. The van der Waals surface area contributed by atoms with E-state index in [1.54, 1.807) is 69.3 Å². The number of carbonyl (C=O) groups excluding carboxylic acids is 4. The van der Waals surface area contributed by atoms with Crippen LogP contribution in [-0.2, 0) is 40.6 Å². The van der Waals surface area contributed by atoms with Crippen molar-refractivity contribution in [3.05, 3.63) is 106 Å². The Morgan fingerprint density at radius 3 is 1.79 bits per heavy atom. The molecule has 3 N–H and O–H groups in total. The molecule has 3 rings (SSSR count). The number of aliphatic hydroxyl groups is 1. The first-order valence-corrected chi connectivity index (χ1v) is 12.4. The molecule has 204 valence electrons. The van der Waals surface area contributed by atoms with E-state index < -0.39 is 17.5 Å². The van der Waals surface area contributed by atoms with E-state index in [1.165, 1.54) is 0 Å². The fourth-order valence-electron chi connectivity index (χ4n) is 3.55. The van der Waals surface area contributed by atoms with Crippen LogP contribution in [-0.4, -0.2) is 29.0 Å². The number of benzene rings is 3. The van der Waals surface area contributed by atoms with Gasteiger partial charge >= 0.3 is 12.1 Å². The molecule has 0 atom stereocenters. The second kappa shape index (κ2) is 13.3. The van der Waals surface area contributed by atoms with Gasteiger partial charge in [-0.3, -0.25) is 14.4 Å². The Hall–Kier alpha value is -4.50. The van der Waals surface area contributed by atoms with Gasteiger partial charge in [0.05, 0.1) is 12.0 Å². The topological polar surface area (TPSA) is 131 Å². The lowest BCUT2D eigenvalue weighted by Crippen LogP contribution is -2.27. The van der Waals surface area contributed by atoms with Gasteiger partial charge in [-0.25, -0.2) is 4.79 Å². The standard InChI is InChI=1S/C30H32N2O7/c1-30(2,3)28(36)39-29(37)38-19-23-12-5-7-14-25(23)27(35)32-17-21-10-8-9-20(15-21)16-31-26(34)24-13-6-4-11-22(24)18-33/h4-15,33H,16-19H2,1-3H3,(H,31,34)(H,32,35). The number of amides is 2. The summed E-state index contributed by atoms with van der Waals surface area (Å²) in [5.41, 5.74) is 2.55. The summed E-state index contributed by atoms with van der Waals surface area (Å²) in [4.78, 5) is 49.2. The number of ether oxygens (including phenoxy) is 2. The van der Waals surface area contributed by atoms with Crippen molar-refractivity contribution in [1.82, 2.24) is 10.6 Å². The quantitative estimate of drug-likeness (QED) is 0.277. The van der Waals surface area contributed by atoms with E-state index in [0.29, 0.717) is 22.3 Å². The highest BCUT2D eigenvalue weighted by atomic mass is 16.7. The molecule has 0 saturated carbocycles. The van der Waals surface area contributed by atoms with Gasteiger partial charge in [0.1, 0.15) is 6.61 Å². The molecule has 0 aliphatic heterocycles. The minimum atomic E-state index is -1.13. The summed E-state index contributed by atoms with van der Waals surface area (Å²) >= 11 is 0. The smallest absolute Gasteiger partial charge is 0.429 e. The monoisotopic (exact) mass is 532 g/mol. The molecule has 0 aliphatic rings. The second-order valence-corrected chi connectivity index (χ2v) is 9.84. The summed E-state index contributed by atoms with van der Waals surface area (Å²) in [6.45, 7) is 4.88. The number of esters is 1. The summed E-state index contributed by atoms with van der Waals surface area (Å²) in [5, 5.41) is 15.1. The van der Waals surface area contributed by atoms with E-state index in [9.17, 15) is 24.3 Å². The van der Waals surface area contributed by atoms with Crippen LogP contribution in [0.1, 0.15) is 63.7 Å². The number of carbonyl (C=O) groups is 4. The maximum atomic E-state index is 12.9. The molecular weight excluding hydrogens is 500 g/mol. The van der Waals surface area contributed by atoms with Crippen molar-refractivity contribution in [3.63, 3.8) is 0 Å². The van der Waals surface area contributed by atoms with Crippen molar-refractivity contribution in [3.8, 4) is 0 Å². The van der Waals surface area contributed by atoms with Crippen LogP contribution in [0.5, 0.6) is 0 Å². The van der Waals surface area contributed by atoms with Crippen LogP contribution in [0.4, 0.5) is 4.79 Å². The molecule has 9 heteroatoms. The van der Waals surface area contributed by atoms with Crippen molar-refractivity contribution >= 4 is 23.9 Å². The van der Waals surface area contributed by atoms with Crippen molar-refractivity contribution in [2.75, 3.05) is 0 Å². The number of aliphatic hydroxyl groups excluding tert-OH is 1. The van der Waals surface area contributed by atoms with Crippen LogP contribution in [0.3, 0.4) is 0 Å². The maximum absolute atomic E-state index is 12.9. The molecule has 9 nitrogen and oxygen atoms in total. The van der Waals surface area contributed by atoms with Gasteiger partial charge in [-0.2, -0.15) is 0 Å². The predicted molar refractivity (Wildman–Crippen MR) is 143 cm³/mol. The van der Waals surface area contributed by atoms with Gasteiger partial charge in [0.25, 0.3) is 11.8 Å². The third-order valence-corrected chi connectivity index (χ3v) is 5.73. The van der Waals surface area contributed by atoms with E-state index in [0.717, 1.165) is 11.1 Å². The van der Waals surface area contributed by atoms with Gasteiger partial charge in [-0.1, -0.05) is 60.7 Å². The van der Waals surface area contributed by atoms with Crippen LogP contribution in [0.2, 0.25) is 0 Å². The van der Waals surface area contributed by atoms with Gasteiger partial charge in [-0.15, -0.1) is 0 Å². The first-order chi connectivity index (χ1) is 18.6. The molecule has 39 heavy (non-hydrogen) atoms. The lowest BCUT2D eigenvalue weighted by molar-refractivity contribution is -0.148. The Balaban J connectivity index is 1.56. The van der Waals surface area contributed by atoms with Crippen LogP contribution in [0.25, 0.3) is 0 Å². The van der Waals surface area contributed by atoms with Crippen LogP contribution >= 0.6 is 0 Å². The Morgan fingerprint density at radius 1 is 0.744 bits per heavy atom. The van der Waals surface area contributed by atoms with Gasteiger partial charge in [-0.05, 0) is 49.6 Å². The third kappa shape index (κ3) is 8.51. The molecule has 3 aromatic carbocycles. The molecule has 0 heterocycles. The van der Waals surface area contributed by atoms with Crippen LogP contribution in [0, 0.1) is 5.41 Å². The molecule has 2 amide bonds. The van der Waals surface area contributed by atoms with Crippen LogP contribution in [0.15, 0.2) is 72.8 Å². The summed E-state index contributed by atoms with van der Waals surface area (Å²) in [6.07, 6.45) is -1.13. The number of rotatable bonds is 9. The Morgan fingerprint density at radius 2 is 1.26 bits per heavy atom. The Labute approximate surface area is 227 Å². The largest absolute Gasteiger partial charge is 0.516 e. The van der Waals surface area contributed by atoms with Crippen molar-refractivity contribution in [2.24, 2.45) is 5.41 Å². The zero-order valence-electron chi connectivity index (χ0n) is 22.2. The SMILES string of the molecule is CC(C)(C)C(=O)OC(=O)OCc1ccccc1C(=O)NCc1cccc(CNC(=O)c2ccccc2CO)c1. The first kappa shape index (κ1) is 29.1. The zero-order valence-corrected chi connectivity index (χ0v) is 22.2. The van der Waals surface area contributed by atoms with Crippen LogP contribution < -0.4 is 10.6 Å². The highest BCUT2D eigenvalue weighted by Gasteiger charge is 2.26. The van der Waals surface area contributed by atoms with E-state index in [1.807, 2.05) is 24.3 Å². The molecule has 0 bridgehead atoms. The van der Waals surface area contributed by atoms with Gasteiger partial charge < -0.3 is 25.2 Å². The molecule has 0 aliphatic carbocycles. The molecule has 3 aromatic rings. The Kier molecular flexibility index (Phi) is 9.94. The van der Waals surface area contributed by atoms with Crippen molar-refractivity contribution < 1.29 is 33.8 Å². The zero-order chi connectivity index (χ0) is 28.4. The molecular formula is C30H32N2O7. The van der Waals surface area contributed by atoms with E-state index in [-0.39, 0.29) is 38.1 Å².